The Morgan fingerprint density at radius 2 is 1.00 bits per heavy atom. The second-order valence-corrected chi connectivity index (χ2v) is 16.3. The number of benzene rings is 9. The van der Waals surface area contributed by atoms with Crippen LogP contribution in [-0.4, -0.2) is 19.5 Å². The molecule has 0 fully saturated rings. The number of hydrogen-bond acceptors (Lipinski definition) is 5. The molecule has 0 atom stereocenters. The Hall–Kier alpha value is -7.67. The highest BCUT2D eigenvalue weighted by atomic mass is 32.1. The smallest absolute Gasteiger partial charge is 0.166 e. The molecule has 0 aliphatic rings. The number of aromatic nitrogens is 4. The molecule has 0 spiro atoms. The summed E-state index contributed by atoms with van der Waals surface area (Å²) in [6.07, 6.45) is 0. The van der Waals surface area contributed by atoms with Crippen molar-refractivity contribution in [3.63, 3.8) is 0 Å². The van der Waals surface area contributed by atoms with Gasteiger partial charge in [0.1, 0.15) is 11.2 Å². The van der Waals surface area contributed by atoms with E-state index in [0.29, 0.717) is 17.5 Å². The summed E-state index contributed by atoms with van der Waals surface area (Å²) in [4.78, 5) is 16.1. The van der Waals surface area contributed by atoms with Gasteiger partial charge in [-0.3, -0.25) is 0 Å². The van der Waals surface area contributed by atoms with Gasteiger partial charge in [0.05, 0.1) is 16.7 Å². The van der Waals surface area contributed by atoms with Crippen LogP contribution in [-0.2, 0) is 0 Å². The molecule has 0 bridgehead atoms. The van der Waals surface area contributed by atoms with E-state index in [-0.39, 0.29) is 0 Å². The van der Waals surface area contributed by atoms with E-state index in [4.69, 9.17) is 19.4 Å². The first kappa shape index (κ1) is 32.4. The Balaban J connectivity index is 1.13. The largest absolute Gasteiger partial charge is 0.456 e. The maximum atomic E-state index is 6.60. The van der Waals surface area contributed by atoms with Gasteiger partial charge in [-0.15, -0.1) is 11.3 Å². The molecule has 59 heavy (non-hydrogen) atoms. The van der Waals surface area contributed by atoms with E-state index in [1.54, 1.807) is 11.3 Å². The summed E-state index contributed by atoms with van der Waals surface area (Å²) < 4.78 is 11.4. The first-order valence-electron chi connectivity index (χ1n) is 19.8. The average Bonchev–Trinajstić information content (AvgIpc) is 3.96. The van der Waals surface area contributed by atoms with Crippen LogP contribution < -0.4 is 0 Å². The monoisotopic (exact) mass is 770 g/mol. The molecule has 274 valence electrons. The van der Waals surface area contributed by atoms with Crippen LogP contribution in [0, 0.1) is 0 Å². The summed E-state index contributed by atoms with van der Waals surface area (Å²) in [7, 11) is 0. The number of furan rings is 1. The maximum absolute atomic E-state index is 6.60. The van der Waals surface area contributed by atoms with Crippen LogP contribution in [0.2, 0.25) is 0 Å². The molecule has 6 heteroatoms. The zero-order chi connectivity index (χ0) is 38.6. The number of fused-ring (bicyclic) bond motifs is 11. The van der Waals surface area contributed by atoms with Crippen molar-refractivity contribution in [2.75, 3.05) is 0 Å². The SMILES string of the molecule is c1ccc2cc(-c3nc(-c4ccc5c(c4)sc4ccccc45)nc(-c4cc5c(cc4-n4c6ccccc6c6cc7ccccc7cc64)oc4ccccc45)n3)ccc2c1. The van der Waals surface area contributed by atoms with E-state index in [2.05, 4.69) is 174 Å². The van der Waals surface area contributed by atoms with Crippen LogP contribution >= 0.6 is 11.3 Å². The molecule has 13 rings (SSSR count). The maximum Gasteiger partial charge on any atom is 0.166 e. The molecule has 0 N–H and O–H groups in total. The molecule has 5 nitrogen and oxygen atoms in total. The number of thiophene rings is 1. The summed E-state index contributed by atoms with van der Waals surface area (Å²) in [6.45, 7) is 0. The van der Waals surface area contributed by atoms with E-state index in [1.165, 1.54) is 47.1 Å². The van der Waals surface area contributed by atoms with E-state index in [0.717, 1.165) is 60.7 Å². The molecule has 0 saturated heterocycles. The third-order valence-corrected chi connectivity index (χ3v) is 12.9. The van der Waals surface area contributed by atoms with Gasteiger partial charge in [0.25, 0.3) is 0 Å². The second-order valence-electron chi connectivity index (χ2n) is 15.2. The molecule has 4 heterocycles. The summed E-state index contributed by atoms with van der Waals surface area (Å²) in [6, 6.07) is 64.5. The zero-order valence-electron chi connectivity index (χ0n) is 31.4. The quantitative estimate of drug-likeness (QED) is 0.179. The second kappa shape index (κ2) is 12.4. The summed E-state index contributed by atoms with van der Waals surface area (Å²) in [5.74, 6) is 1.82. The van der Waals surface area contributed by atoms with Crippen molar-refractivity contribution in [1.82, 2.24) is 19.5 Å². The number of hydrogen-bond donors (Lipinski definition) is 0. The molecule has 0 unspecified atom stereocenters. The van der Waals surface area contributed by atoms with Gasteiger partial charge >= 0.3 is 0 Å². The van der Waals surface area contributed by atoms with Crippen LogP contribution in [0.15, 0.2) is 186 Å². The van der Waals surface area contributed by atoms with Crippen molar-refractivity contribution >= 4 is 96.8 Å². The molecule has 0 radical (unpaired) electrons. The van der Waals surface area contributed by atoms with Gasteiger partial charge in [0, 0.05) is 64.5 Å². The lowest BCUT2D eigenvalue weighted by Crippen LogP contribution is -2.04. The fourth-order valence-corrected chi connectivity index (χ4v) is 10.1. The fourth-order valence-electron chi connectivity index (χ4n) is 8.99. The van der Waals surface area contributed by atoms with Crippen LogP contribution in [0.25, 0.3) is 125 Å². The standard InChI is InChI=1S/C53H30N4OS/c1-2-12-32-25-35(22-21-31(32)11-1)51-54-52(36-23-24-40-39-17-7-10-20-49(39)59-50(40)28-36)56-53(55-51)43-29-42-38-16-6-9-19-47(38)58-48(42)30-46(43)57-44-18-8-5-15-37(44)41-26-33-13-3-4-14-34(33)27-45(41)57/h1-30H. The summed E-state index contributed by atoms with van der Waals surface area (Å²) >= 11 is 1.80. The van der Waals surface area contributed by atoms with E-state index < -0.39 is 0 Å². The highest BCUT2D eigenvalue weighted by Crippen LogP contribution is 2.42. The topological polar surface area (TPSA) is 56.7 Å². The Kier molecular flexibility index (Phi) is 6.82. The Morgan fingerprint density at radius 1 is 0.373 bits per heavy atom. The number of rotatable bonds is 4. The Labute approximate surface area is 341 Å². The van der Waals surface area contributed by atoms with Gasteiger partial charge in [0.15, 0.2) is 17.5 Å². The minimum Gasteiger partial charge on any atom is -0.456 e. The van der Waals surface area contributed by atoms with Crippen molar-refractivity contribution in [3.8, 4) is 39.9 Å². The van der Waals surface area contributed by atoms with Crippen LogP contribution in [0.4, 0.5) is 0 Å². The van der Waals surface area contributed by atoms with Gasteiger partial charge in [-0.05, 0) is 70.1 Å². The highest BCUT2D eigenvalue weighted by molar-refractivity contribution is 7.25. The molecular weight excluding hydrogens is 741 g/mol. The van der Waals surface area contributed by atoms with E-state index >= 15 is 0 Å². The molecule has 0 saturated carbocycles. The van der Waals surface area contributed by atoms with Gasteiger partial charge < -0.3 is 8.98 Å². The third kappa shape index (κ3) is 5.00. The van der Waals surface area contributed by atoms with Crippen LogP contribution in [0.3, 0.4) is 0 Å². The molecule has 0 amide bonds. The average molecular weight is 771 g/mol. The van der Waals surface area contributed by atoms with Crippen LogP contribution in [0.5, 0.6) is 0 Å². The van der Waals surface area contributed by atoms with Gasteiger partial charge in [-0.25, -0.2) is 15.0 Å². The zero-order valence-corrected chi connectivity index (χ0v) is 32.2. The van der Waals surface area contributed by atoms with Crippen molar-refractivity contribution in [1.29, 1.82) is 0 Å². The normalized spacial score (nSPS) is 12.1. The van der Waals surface area contributed by atoms with Gasteiger partial charge in [-0.1, -0.05) is 127 Å². The molecule has 0 aliphatic carbocycles. The lowest BCUT2D eigenvalue weighted by molar-refractivity contribution is 0.668. The molecule has 0 aliphatic heterocycles. The lowest BCUT2D eigenvalue weighted by atomic mass is 10.0. The minimum absolute atomic E-state index is 0.587. The molecular formula is C53H30N4OS. The van der Waals surface area contributed by atoms with Crippen molar-refractivity contribution in [2.45, 2.75) is 0 Å². The number of para-hydroxylation sites is 2. The molecule has 9 aromatic carbocycles. The predicted octanol–water partition coefficient (Wildman–Crippen LogP) is 14.5. The molecule has 4 aromatic heterocycles. The van der Waals surface area contributed by atoms with Gasteiger partial charge in [0.2, 0.25) is 0 Å². The lowest BCUT2D eigenvalue weighted by Gasteiger charge is -2.15. The van der Waals surface area contributed by atoms with Crippen molar-refractivity contribution in [2.24, 2.45) is 0 Å². The first-order valence-corrected chi connectivity index (χ1v) is 20.6. The van der Waals surface area contributed by atoms with Crippen molar-refractivity contribution in [3.05, 3.63) is 182 Å². The minimum atomic E-state index is 0.587. The van der Waals surface area contributed by atoms with Crippen molar-refractivity contribution < 1.29 is 4.42 Å². The van der Waals surface area contributed by atoms with E-state index in [1.807, 2.05) is 12.1 Å². The summed E-state index contributed by atoms with van der Waals surface area (Å²) in [5, 5.41) is 11.6. The third-order valence-electron chi connectivity index (χ3n) is 11.8. The number of nitrogens with zero attached hydrogens (tertiary/aromatic N) is 4. The fraction of sp³-hybridized carbons (Fsp3) is 0. The van der Waals surface area contributed by atoms with E-state index in [9.17, 15) is 0 Å². The van der Waals surface area contributed by atoms with Crippen LogP contribution in [0.1, 0.15) is 0 Å². The van der Waals surface area contributed by atoms with Gasteiger partial charge in [-0.2, -0.15) is 0 Å². The molecule has 13 aromatic rings. The predicted molar refractivity (Wildman–Crippen MR) is 246 cm³/mol. The Bertz CT molecular complexity index is 3870. The Morgan fingerprint density at radius 3 is 1.85 bits per heavy atom. The first-order chi connectivity index (χ1) is 29.2. The highest BCUT2D eigenvalue weighted by Gasteiger charge is 2.23. The summed E-state index contributed by atoms with van der Waals surface area (Å²) in [5.41, 5.74) is 7.51.